The third-order valence-corrected chi connectivity index (χ3v) is 3.99. The molecule has 1 N–H and O–H groups in total. The minimum atomic E-state index is -0.572. The number of aryl methyl sites for hydroxylation is 1. The Morgan fingerprint density at radius 1 is 1.18 bits per heavy atom. The molecule has 0 aliphatic heterocycles. The molecule has 0 radical (unpaired) electrons. The summed E-state index contributed by atoms with van der Waals surface area (Å²) < 4.78 is 5.37. The Labute approximate surface area is 138 Å². The molecule has 0 atom stereocenters. The highest BCUT2D eigenvalue weighted by molar-refractivity contribution is 6.35. The van der Waals surface area contributed by atoms with Crippen LogP contribution < -0.4 is 20.9 Å². The molecule has 0 unspecified atom stereocenters. The number of hydrogen-bond donors (Lipinski definition) is 1. The molecule has 0 fully saturated rings. The molecule has 4 nitrogen and oxygen atoms in total. The van der Waals surface area contributed by atoms with Crippen LogP contribution in [-0.4, -0.2) is 6.61 Å². The van der Waals surface area contributed by atoms with Crippen LogP contribution in [0.1, 0.15) is 30.9 Å². The van der Waals surface area contributed by atoms with Crippen LogP contribution in [0.2, 0.25) is 10.0 Å². The first-order valence-corrected chi connectivity index (χ1v) is 7.85. The monoisotopic (exact) mass is 341 g/mol. The van der Waals surface area contributed by atoms with Crippen LogP contribution in [0, 0.1) is 6.92 Å². The lowest BCUT2D eigenvalue weighted by Gasteiger charge is -2.15. The van der Waals surface area contributed by atoms with Crippen molar-refractivity contribution in [2.75, 3.05) is 11.9 Å². The molecular weight excluding hydrogens is 325 g/mol. The highest BCUT2D eigenvalue weighted by Crippen LogP contribution is 2.26. The highest BCUT2D eigenvalue weighted by atomic mass is 35.5. The van der Waals surface area contributed by atoms with Crippen LogP contribution in [0.25, 0.3) is 0 Å². The van der Waals surface area contributed by atoms with Crippen LogP contribution in [0.3, 0.4) is 0 Å². The fourth-order valence-corrected chi connectivity index (χ4v) is 2.78. The van der Waals surface area contributed by atoms with Gasteiger partial charge in [-0.1, -0.05) is 36.5 Å². The molecule has 0 saturated heterocycles. The molecule has 0 bridgehead atoms. The van der Waals surface area contributed by atoms with Crippen molar-refractivity contribution in [2.24, 2.45) is 0 Å². The van der Waals surface area contributed by atoms with E-state index in [4.69, 9.17) is 27.9 Å². The van der Waals surface area contributed by atoms with Gasteiger partial charge < -0.3 is 10.1 Å². The van der Waals surface area contributed by atoms with Gasteiger partial charge in [0.1, 0.15) is 5.69 Å². The quantitative estimate of drug-likeness (QED) is 0.616. The van der Waals surface area contributed by atoms with E-state index in [1.54, 1.807) is 12.1 Å². The van der Waals surface area contributed by atoms with Gasteiger partial charge in [0.15, 0.2) is 5.75 Å². The molecule has 2 rings (SSSR count). The largest absolute Gasteiger partial charge is 0.487 e. The number of anilines is 1. The van der Waals surface area contributed by atoms with Crippen LogP contribution in [0.4, 0.5) is 5.69 Å². The zero-order valence-corrected chi connectivity index (χ0v) is 14.0. The summed E-state index contributed by atoms with van der Waals surface area (Å²) in [6, 6.07) is 3.44. The predicted octanol–water partition coefficient (Wildman–Crippen LogP) is 3.69. The standard InChI is InChI=1S/C16H17Cl2NO3/c1-3-4-5-22-16-13(14(20)15(16)21)19-8-11-9(2)6-10(17)7-12(11)18/h6-7,19H,3-5,8H2,1-2H3. The van der Waals surface area contributed by atoms with Crippen LogP contribution in [0.15, 0.2) is 21.7 Å². The normalized spacial score (nSPS) is 10.9. The number of rotatable bonds is 7. The number of benzene rings is 1. The average molecular weight is 342 g/mol. The number of unbranched alkanes of at least 4 members (excludes halogenated alkanes) is 1. The third-order valence-electron chi connectivity index (χ3n) is 3.44. The van der Waals surface area contributed by atoms with E-state index in [1.165, 1.54) is 0 Å². The Balaban J connectivity index is 2.11. The Hall–Kier alpha value is -1.52. The van der Waals surface area contributed by atoms with E-state index in [9.17, 15) is 9.59 Å². The number of ether oxygens (including phenoxy) is 1. The molecule has 0 spiro atoms. The molecule has 0 aliphatic carbocycles. The van der Waals surface area contributed by atoms with E-state index < -0.39 is 10.9 Å². The molecule has 0 amide bonds. The minimum Gasteiger partial charge on any atom is -0.487 e. The second-order valence-electron chi connectivity index (χ2n) is 5.10. The predicted molar refractivity (Wildman–Crippen MR) is 90.3 cm³/mol. The Morgan fingerprint density at radius 2 is 1.91 bits per heavy atom. The third kappa shape index (κ3) is 3.45. The molecule has 2 aromatic rings. The molecule has 22 heavy (non-hydrogen) atoms. The van der Waals surface area contributed by atoms with E-state index in [0.717, 1.165) is 24.0 Å². The molecular formula is C16H17Cl2NO3. The molecule has 6 heteroatoms. The van der Waals surface area contributed by atoms with Crippen molar-refractivity contribution in [3.05, 3.63) is 53.8 Å². The van der Waals surface area contributed by atoms with Crippen molar-refractivity contribution in [1.82, 2.24) is 0 Å². The molecule has 2 aromatic carbocycles. The fraction of sp³-hybridized carbons (Fsp3) is 0.375. The van der Waals surface area contributed by atoms with Gasteiger partial charge >= 0.3 is 0 Å². The second-order valence-corrected chi connectivity index (χ2v) is 5.94. The van der Waals surface area contributed by atoms with Gasteiger partial charge in [-0.3, -0.25) is 9.59 Å². The average Bonchev–Trinajstić information content (AvgIpc) is 2.47. The SMILES string of the molecule is CCCCOc1c(NCc2c(C)cc(Cl)cc2Cl)c(=O)c1=O. The van der Waals surface area contributed by atoms with Gasteiger partial charge in [-0.05, 0) is 36.6 Å². The van der Waals surface area contributed by atoms with Gasteiger partial charge in [0.2, 0.25) is 0 Å². The summed E-state index contributed by atoms with van der Waals surface area (Å²) in [7, 11) is 0. The number of halogens is 2. The van der Waals surface area contributed by atoms with Crippen LogP contribution in [-0.2, 0) is 6.54 Å². The molecule has 118 valence electrons. The molecule has 0 saturated carbocycles. The topological polar surface area (TPSA) is 55.4 Å². The first-order chi connectivity index (χ1) is 10.5. The van der Waals surface area contributed by atoms with Crippen molar-refractivity contribution in [2.45, 2.75) is 33.2 Å². The van der Waals surface area contributed by atoms with Gasteiger partial charge in [0.05, 0.1) is 6.61 Å². The lowest BCUT2D eigenvalue weighted by molar-refractivity contribution is 0.304. The summed E-state index contributed by atoms with van der Waals surface area (Å²) >= 11 is 12.1. The van der Waals surface area contributed by atoms with Crippen LogP contribution >= 0.6 is 23.2 Å². The Bertz CT molecular complexity index is 725. The highest BCUT2D eigenvalue weighted by Gasteiger charge is 2.22. The van der Waals surface area contributed by atoms with Gasteiger partial charge in [-0.15, -0.1) is 0 Å². The van der Waals surface area contributed by atoms with Crippen molar-refractivity contribution in [1.29, 1.82) is 0 Å². The van der Waals surface area contributed by atoms with Gasteiger partial charge in [-0.2, -0.15) is 0 Å². The lowest BCUT2D eigenvalue weighted by atomic mass is 10.1. The number of nitrogens with one attached hydrogen (secondary N) is 1. The summed E-state index contributed by atoms with van der Waals surface area (Å²) in [4.78, 5) is 23.2. The zero-order chi connectivity index (χ0) is 16.3. The van der Waals surface area contributed by atoms with Crippen molar-refractivity contribution in [3.8, 4) is 5.75 Å². The summed E-state index contributed by atoms with van der Waals surface area (Å²) in [6.07, 6.45) is 1.79. The first kappa shape index (κ1) is 16.8. The molecule has 0 aromatic heterocycles. The second kappa shape index (κ2) is 7.16. The Morgan fingerprint density at radius 3 is 2.55 bits per heavy atom. The van der Waals surface area contributed by atoms with Crippen molar-refractivity contribution >= 4 is 28.9 Å². The fourth-order valence-electron chi connectivity index (χ4n) is 2.12. The van der Waals surface area contributed by atoms with Crippen molar-refractivity contribution < 1.29 is 4.74 Å². The van der Waals surface area contributed by atoms with Crippen molar-refractivity contribution in [3.63, 3.8) is 0 Å². The smallest absolute Gasteiger partial charge is 0.272 e. The van der Waals surface area contributed by atoms with Gasteiger partial charge in [-0.25, -0.2) is 0 Å². The summed E-state index contributed by atoms with van der Waals surface area (Å²) in [5, 5.41) is 4.03. The van der Waals surface area contributed by atoms with E-state index >= 15 is 0 Å². The van der Waals surface area contributed by atoms with E-state index in [-0.39, 0.29) is 11.4 Å². The summed E-state index contributed by atoms with van der Waals surface area (Å²) in [5.74, 6) is 0.126. The van der Waals surface area contributed by atoms with E-state index in [2.05, 4.69) is 5.32 Å². The summed E-state index contributed by atoms with van der Waals surface area (Å²) in [6.45, 7) is 4.67. The van der Waals surface area contributed by atoms with Gasteiger partial charge in [0, 0.05) is 16.6 Å². The lowest BCUT2D eigenvalue weighted by Crippen LogP contribution is -2.36. The zero-order valence-electron chi connectivity index (χ0n) is 12.5. The van der Waals surface area contributed by atoms with E-state index in [1.807, 2.05) is 13.8 Å². The molecule has 0 heterocycles. The number of hydrogen-bond acceptors (Lipinski definition) is 4. The maximum Gasteiger partial charge on any atom is 0.272 e. The maximum atomic E-state index is 11.6. The Kier molecular flexibility index (Phi) is 5.48. The van der Waals surface area contributed by atoms with E-state index in [0.29, 0.717) is 23.2 Å². The maximum absolute atomic E-state index is 11.6. The van der Waals surface area contributed by atoms with Gasteiger partial charge in [0.25, 0.3) is 10.9 Å². The van der Waals surface area contributed by atoms with Crippen LogP contribution in [0.5, 0.6) is 5.75 Å². The summed E-state index contributed by atoms with van der Waals surface area (Å²) in [5.41, 5.74) is 0.856. The minimum absolute atomic E-state index is 0.126. The first-order valence-electron chi connectivity index (χ1n) is 7.10. The molecule has 0 aliphatic rings.